The second kappa shape index (κ2) is 10.7. The summed E-state index contributed by atoms with van der Waals surface area (Å²) in [5.41, 5.74) is 1.30. The highest BCUT2D eigenvalue weighted by Crippen LogP contribution is 2.23. The Kier molecular flexibility index (Phi) is 7.42. The van der Waals surface area contributed by atoms with Gasteiger partial charge in [-0.1, -0.05) is 36.4 Å². The topological polar surface area (TPSA) is 119 Å². The molecule has 1 amide bonds. The van der Waals surface area contributed by atoms with Crippen molar-refractivity contribution in [1.82, 2.24) is 10.2 Å². The van der Waals surface area contributed by atoms with E-state index in [0.717, 1.165) is 38.5 Å². The summed E-state index contributed by atoms with van der Waals surface area (Å²) in [5.74, 6) is -0.234. The molecule has 182 valence electrons. The molecule has 9 nitrogen and oxygen atoms in total. The van der Waals surface area contributed by atoms with E-state index in [1.807, 2.05) is 18.2 Å². The minimum Gasteiger partial charge on any atom is -0.379 e. The summed E-state index contributed by atoms with van der Waals surface area (Å²) in [4.78, 5) is 24.9. The Bertz CT molecular complexity index is 1290. The maximum absolute atomic E-state index is 12.7. The number of piperidine rings is 1. The predicted molar refractivity (Wildman–Crippen MR) is 130 cm³/mol. The lowest BCUT2D eigenvalue weighted by Gasteiger charge is -2.32. The molecule has 0 aromatic heterocycles. The fraction of sp³-hybridized carbons (Fsp3) is 0.240. The number of hydrogen-bond donors (Lipinski definition) is 1. The third-order valence-corrected chi connectivity index (χ3v) is 7.05. The van der Waals surface area contributed by atoms with Crippen LogP contribution in [-0.4, -0.2) is 43.3 Å². The molecule has 1 fully saturated rings. The van der Waals surface area contributed by atoms with Gasteiger partial charge in [-0.05, 0) is 48.7 Å². The molecule has 1 aliphatic rings. The van der Waals surface area contributed by atoms with Crippen LogP contribution >= 0.6 is 0 Å². The molecular formula is C25H25N3O6S. The molecule has 0 atom stereocenters. The first-order valence-corrected chi connectivity index (χ1v) is 12.6. The van der Waals surface area contributed by atoms with E-state index in [2.05, 4.69) is 22.3 Å². The van der Waals surface area contributed by atoms with Crippen LogP contribution in [0.25, 0.3) is 0 Å². The van der Waals surface area contributed by atoms with Crippen LogP contribution in [0.5, 0.6) is 5.75 Å². The van der Waals surface area contributed by atoms with Gasteiger partial charge in [-0.15, -0.1) is 0 Å². The van der Waals surface area contributed by atoms with Gasteiger partial charge in [-0.25, -0.2) is 0 Å². The zero-order chi connectivity index (χ0) is 24.8. The van der Waals surface area contributed by atoms with E-state index in [1.165, 1.54) is 48.0 Å². The van der Waals surface area contributed by atoms with Gasteiger partial charge in [0, 0.05) is 43.4 Å². The standard InChI is InChI=1S/C25H25N3O6S/c29-25(26-21-13-15-27(16-14-21)18-19-5-2-1-3-6-19)20-9-11-23(12-10-20)34-35(32,33)24-8-4-7-22(17-24)28(30)31/h1-12,17,21H,13-16,18H2,(H,26,29). The van der Waals surface area contributed by atoms with Gasteiger partial charge in [0.15, 0.2) is 0 Å². The average molecular weight is 496 g/mol. The molecule has 0 saturated carbocycles. The lowest BCUT2D eigenvalue weighted by Crippen LogP contribution is -2.44. The molecular weight excluding hydrogens is 470 g/mol. The van der Waals surface area contributed by atoms with Crippen molar-refractivity contribution in [3.05, 3.63) is 100 Å². The lowest BCUT2D eigenvalue weighted by atomic mass is 10.0. The van der Waals surface area contributed by atoms with E-state index < -0.39 is 15.0 Å². The minimum absolute atomic E-state index is 0.00211. The highest BCUT2D eigenvalue weighted by molar-refractivity contribution is 7.87. The number of likely N-dealkylation sites (tertiary alicyclic amines) is 1. The summed E-state index contributed by atoms with van der Waals surface area (Å²) in [7, 11) is -4.26. The van der Waals surface area contributed by atoms with E-state index >= 15 is 0 Å². The molecule has 0 bridgehead atoms. The molecule has 0 unspecified atom stereocenters. The van der Waals surface area contributed by atoms with Crippen molar-refractivity contribution in [3.63, 3.8) is 0 Å². The van der Waals surface area contributed by atoms with Crippen LogP contribution in [0.3, 0.4) is 0 Å². The number of benzene rings is 3. The van der Waals surface area contributed by atoms with Crippen molar-refractivity contribution in [2.45, 2.75) is 30.3 Å². The molecule has 0 aliphatic carbocycles. The summed E-state index contributed by atoms with van der Waals surface area (Å²) >= 11 is 0. The van der Waals surface area contributed by atoms with E-state index in [4.69, 9.17) is 4.18 Å². The van der Waals surface area contributed by atoms with Crippen LogP contribution < -0.4 is 9.50 Å². The monoisotopic (exact) mass is 495 g/mol. The smallest absolute Gasteiger partial charge is 0.339 e. The van der Waals surface area contributed by atoms with Gasteiger partial charge in [-0.3, -0.25) is 19.8 Å². The van der Waals surface area contributed by atoms with Crippen LogP contribution in [0.2, 0.25) is 0 Å². The Morgan fingerprint density at radius 2 is 1.69 bits per heavy atom. The van der Waals surface area contributed by atoms with Crippen molar-refractivity contribution >= 4 is 21.7 Å². The second-order valence-corrected chi connectivity index (χ2v) is 9.87. The Morgan fingerprint density at radius 1 is 1.00 bits per heavy atom. The molecule has 0 radical (unpaired) electrons. The van der Waals surface area contributed by atoms with Gasteiger partial charge < -0.3 is 9.50 Å². The van der Waals surface area contributed by atoms with E-state index in [1.54, 1.807) is 0 Å². The minimum atomic E-state index is -4.26. The summed E-state index contributed by atoms with van der Waals surface area (Å²) in [6.07, 6.45) is 1.70. The number of non-ortho nitro benzene ring substituents is 1. The van der Waals surface area contributed by atoms with Gasteiger partial charge in [0.1, 0.15) is 10.6 Å². The number of nitro benzene ring substituents is 1. The van der Waals surface area contributed by atoms with Crippen molar-refractivity contribution in [3.8, 4) is 5.75 Å². The molecule has 1 heterocycles. The van der Waals surface area contributed by atoms with Crippen molar-refractivity contribution < 1.29 is 22.3 Å². The number of nitrogens with zero attached hydrogens (tertiary/aromatic N) is 2. The number of nitrogens with one attached hydrogen (secondary N) is 1. The second-order valence-electron chi connectivity index (χ2n) is 8.33. The predicted octanol–water partition coefficient (Wildman–Crippen LogP) is 3.76. The van der Waals surface area contributed by atoms with E-state index in [9.17, 15) is 23.3 Å². The van der Waals surface area contributed by atoms with Gasteiger partial charge in [0.2, 0.25) is 0 Å². The van der Waals surface area contributed by atoms with Crippen molar-refractivity contribution in [1.29, 1.82) is 0 Å². The normalized spacial score (nSPS) is 14.9. The maximum atomic E-state index is 12.7. The van der Waals surface area contributed by atoms with Crippen molar-refractivity contribution in [2.75, 3.05) is 13.1 Å². The molecule has 10 heteroatoms. The zero-order valence-electron chi connectivity index (χ0n) is 18.9. The Balaban J connectivity index is 1.30. The first kappa shape index (κ1) is 24.4. The summed E-state index contributed by atoms with van der Waals surface area (Å²) in [6.45, 7) is 2.67. The molecule has 1 aliphatic heterocycles. The van der Waals surface area contributed by atoms with Gasteiger partial charge in [-0.2, -0.15) is 8.42 Å². The highest BCUT2D eigenvalue weighted by Gasteiger charge is 2.22. The largest absolute Gasteiger partial charge is 0.379 e. The Morgan fingerprint density at radius 3 is 2.34 bits per heavy atom. The van der Waals surface area contributed by atoms with Gasteiger partial charge in [0.25, 0.3) is 11.6 Å². The van der Waals surface area contributed by atoms with Crippen LogP contribution in [0.1, 0.15) is 28.8 Å². The molecule has 3 aromatic carbocycles. The number of carbonyl (C=O) groups is 1. The summed E-state index contributed by atoms with van der Waals surface area (Å²) in [5, 5.41) is 13.9. The zero-order valence-corrected chi connectivity index (χ0v) is 19.7. The highest BCUT2D eigenvalue weighted by atomic mass is 32.2. The molecule has 4 rings (SSSR count). The van der Waals surface area contributed by atoms with Gasteiger partial charge in [0.05, 0.1) is 4.92 Å². The summed E-state index contributed by atoms with van der Waals surface area (Å²) < 4.78 is 30.0. The molecule has 1 N–H and O–H groups in total. The number of rotatable bonds is 8. The summed E-state index contributed by atoms with van der Waals surface area (Å²) in [6, 6.07) is 20.7. The average Bonchev–Trinajstić information content (AvgIpc) is 2.86. The fourth-order valence-corrected chi connectivity index (χ4v) is 4.91. The molecule has 35 heavy (non-hydrogen) atoms. The fourth-order valence-electron chi connectivity index (χ4n) is 3.94. The van der Waals surface area contributed by atoms with E-state index in [-0.39, 0.29) is 28.3 Å². The maximum Gasteiger partial charge on any atom is 0.339 e. The van der Waals surface area contributed by atoms with Crippen LogP contribution in [-0.2, 0) is 16.7 Å². The SMILES string of the molecule is O=C(NC1CCN(Cc2ccccc2)CC1)c1ccc(OS(=O)(=O)c2cccc([N+](=O)[O-])c2)cc1. The third-order valence-electron chi connectivity index (χ3n) is 5.81. The van der Waals surface area contributed by atoms with E-state index in [0.29, 0.717) is 5.56 Å². The molecule has 0 spiro atoms. The first-order chi connectivity index (χ1) is 16.8. The quantitative estimate of drug-likeness (QED) is 0.287. The first-order valence-electron chi connectivity index (χ1n) is 11.2. The third kappa shape index (κ3) is 6.43. The number of nitro groups is 1. The molecule has 3 aromatic rings. The number of carbonyl (C=O) groups excluding carboxylic acids is 1. The Hall–Kier alpha value is -3.76. The number of hydrogen-bond acceptors (Lipinski definition) is 7. The van der Waals surface area contributed by atoms with Gasteiger partial charge >= 0.3 is 10.1 Å². The van der Waals surface area contributed by atoms with Crippen LogP contribution in [0.4, 0.5) is 5.69 Å². The van der Waals surface area contributed by atoms with Crippen molar-refractivity contribution in [2.24, 2.45) is 0 Å². The Labute approximate surface area is 203 Å². The number of amides is 1. The lowest BCUT2D eigenvalue weighted by molar-refractivity contribution is -0.385. The van der Waals surface area contributed by atoms with Crippen LogP contribution in [0.15, 0.2) is 83.8 Å². The van der Waals surface area contributed by atoms with Crippen LogP contribution in [0, 0.1) is 10.1 Å². The molecule has 1 saturated heterocycles.